The summed E-state index contributed by atoms with van der Waals surface area (Å²) >= 11 is 0. The van der Waals surface area contributed by atoms with E-state index in [9.17, 15) is 14.4 Å². The van der Waals surface area contributed by atoms with Crippen LogP contribution in [0.1, 0.15) is 39.0 Å². The van der Waals surface area contributed by atoms with Crippen LogP contribution in [0.5, 0.6) is 0 Å². The number of nitrogens with one attached hydrogen (secondary N) is 2. The maximum Gasteiger partial charge on any atom is 0.318 e. The molecule has 1 saturated heterocycles. The molecule has 0 aromatic rings. The van der Waals surface area contributed by atoms with Crippen LogP contribution in [-0.2, 0) is 9.59 Å². The second kappa shape index (κ2) is 8.39. The molecule has 0 aromatic heterocycles. The fraction of sp³-hybridized carbons (Fsp3) is 0.769. The van der Waals surface area contributed by atoms with Gasteiger partial charge in [0.2, 0.25) is 5.91 Å². The van der Waals surface area contributed by atoms with Gasteiger partial charge in [-0.1, -0.05) is 0 Å². The normalized spacial score (nSPS) is 18.4. The molecule has 3 amide bonds. The minimum absolute atomic E-state index is 0.0468. The van der Waals surface area contributed by atoms with Crippen LogP contribution in [0.25, 0.3) is 0 Å². The van der Waals surface area contributed by atoms with E-state index in [1.165, 1.54) is 0 Å². The van der Waals surface area contributed by atoms with Crippen LogP contribution in [0.4, 0.5) is 4.79 Å². The molecule has 1 atom stereocenters. The summed E-state index contributed by atoms with van der Waals surface area (Å²) in [4.78, 5) is 35.6. The molecule has 114 valence electrons. The Morgan fingerprint density at radius 3 is 2.65 bits per heavy atom. The molecule has 1 aliphatic heterocycles. The topological polar surface area (TPSA) is 98.7 Å². The molecule has 1 fully saturated rings. The Balaban J connectivity index is 2.45. The van der Waals surface area contributed by atoms with E-state index in [2.05, 4.69) is 10.6 Å². The molecule has 1 aliphatic rings. The fourth-order valence-corrected chi connectivity index (χ4v) is 2.38. The first-order valence-corrected chi connectivity index (χ1v) is 7.07. The third-order valence-corrected chi connectivity index (χ3v) is 3.35. The predicted molar refractivity (Wildman–Crippen MR) is 73.3 cm³/mol. The molecular weight excluding hydrogens is 262 g/mol. The number of carboxylic acids is 1. The fourth-order valence-electron chi connectivity index (χ4n) is 2.38. The summed E-state index contributed by atoms with van der Waals surface area (Å²) in [5.74, 6) is -1.07. The summed E-state index contributed by atoms with van der Waals surface area (Å²) in [7, 11) is 0. The Labute approximate surface area is 118 Å². The van der Waals surface area contributed by atoms with Crippen molar-refractivity contribution in [2.45, 2.75) is 45.1 Å². The number of carboxylic acid groups (broad SMARTS) is 1. The Morgan fingerprint density at radius 1 is 1.25 bits per heavy atom. The summed E-state index contributed by atoms with van der Waals surface area (Å²) in [6.07, 6.45) is 3.26. The smallest absolute Gasteiger partial charge is 0.318 e. The van der Waals surface area contributed by atoms with Crippen molar-refractivity contribution in [1.29, 1.82) is 0 Å². The third kappa shape index (κ3) is 5.46. The number of nitrogens with zero attached hydrogens (tertiary/aromatic N) is 1. The van der Waals surface area contributed by atoms with Gasteiger partial charge in [-0.15, -0.1) is 0 Å². The lowest BCUT2D eigenvalue weighted by Crippen LogP contribution is -2.50. The molecular formula is C13H23N3O4. The van der Waals surface area contributed by atoms with Gasteiger partial charge in [-0.25, -0.2) is 4.79 Å². The SMILES string of the molecule is CCNC(=O)CNC(=O)N1CCCCC1CCC(=O)O. The Morgan fingerprint density at radius 2 is 2.00 bits per heavy atom. The molecule has 1 unspecified atom stereocenters. The molecule has 7 heteroatoms. The van der Waals surface area contributed by atoms with E-state index in [1.807, 2.05) is 6.92 Å². The highest BCUT2D eigenvalue weighted by molar-refractivity contribution is 5.84. The van der Waals surface area contributed by atoms with E-state index in [4.69, 9.17) is 5.11 Å². The minimum atomic E-state index is -0.849. The van der Waals surface area contributed by atoms with Gasteiger partial charge in [-0.05, 0) is 32.6 Å². The van der Waals surface area contributed by atoms with Gasteiger partial charge >= 0.3 is 12.0 Å². The maximum absolute atomic E-state index is 12.0. The second-order valence-corrected chi connectivity index (χ2v) is 4.89. The van der Waals surface area contributed by atoms with Crippen LogP contribution in [0, 0.1) is 0 Å². The zero-order chi connectivity index (χ0) is 15.0. The lowest BCUT2D eigenvalue weighted by molar-refractivity contribution is -0.137. The third-order valence-electron chi connectivity index (χ3n) is 3.35. The highest BCUT2D eigenvalue weighted by Gasteiger charge is 2.27. The standard InChI is InChI=1S/C13H23N3O4/c1-2-14-11(17)9-15-13(20)16-8-4-3-5-10(16)6-7-12(18)19/h10H,2-9H2,1H3,(H,14,17)(H,15,20)(H,18,19). The number of rotatable bonds is 6. The number of hydrogen-bond donors (Lipinski definition) is 3. The minimum Gasteiger partial charge on any atom is -0.481 e. The van der Waals surface area contributed by atoms with Crippen molar-refractivity contribution in [1.82, 2.24) is 15.5 Å². The monoisotopic (exact) mass is 285 g/mol. The number of amides is 3. The number of urea groups is 1. The number of carbonyl (C=O) groups is 3. The lowest BCUT2D eigenvalue weighted by atomic mass is 9.98. The number of hydrogen-bond acceptors (Lipinski definition) is 3. The van der Waals surface area contributed by atoms with Gasteiger partial charge in [-0.3, -0.25) is 9.59 Å². The van der Waals surface area contributed by atoms with Gasteiger partial charge in [0.1, 0.15) is 0 Å². The summed E-state index contributed by atoms with van der Waals surface area (Å²) in [6, 6.07) is -0.333. The molecule has 0 spiro atoms. The van der Waals surface area contributed by atoms with E-state index in [0.29, 0.717) is 19.5 Å². The molecule has 0 bridgehead atoms. The zero-order valence-electron chi connectivity index (χ0n) is 11.9. The number of piperidine rings is 1. The van der Waals surface area contributed by atoms with Crippen molar-refractivity contribution in [3.8, 4) is 0 Å². The highest BCUT2D eigenvalue weighted by Crippen LogP contribution is 2.20. The number of likely N-dealkylation sites (tertiary alicyclic amines) is 1. The van der Waals surface area contributed by atoms with E-state index < -0.39 is 5.97 Å². The van der Waals surface area contributed by atoms with E-state index >= 15 is 0 Å². The predicted octanol–water partition coefficient (Wildman–Crippen LogP) is 0.551. The van der Waals surface area contributed by atoms with E-state index in [-0.39, 0.29) is 30.9 Å². The number of aliphatic carboxylic acids is 1. The maximum atomic E-state index is 12.0. The molecule has 1 heterocycles. The van der Waals surface area contributed by atoms with Crippen LogP contribution in [0.15, 0.2) is 0 Å². The van der Waals surface area contributed by atoms with Gasteiger partial charge < -0.3 is 20.6 Å². The average molecular weight is 285 g/mol. The molecule has 0 saturated carbocycles. The quantitative estimate of drug-likeness (QED) is 0.663. The van der Waals surface area contributed by atoms with Crippen molar-refractivity contribution in [2.24, 2.45) is 0 Å². The zero-order valence-corrected chi connectivity index (χ0v) is 11.9. The molecule has 1 rings (SSSR count). The van der Waals surface area contributed by atoms with Crippen LogP contribution >= 0.6 is 0 Å². The number of carbonyl (C=O) groups excluding carboxylic acids is 2. The van der Waals surface area contributed by atoms with Crippen molar-refractivity contribution < 1.29 is 19.5 Å². The Kier molecular flexibility index (Phi) is 6.83. The van der Waals surface area contributed by atoms with Crippen LogP contribution in [0.2, 0.25) is 0 Å². The van der Waals surface area contributed by atoms with E-state index in [1.54, 1.807) is 4.90 Å². The van der Waals surface area contributed by atoms with Crippen molar-refractivity contribution in [3.63, 3.8) is 0 Å². The summed E-state index contributed by atoms with van der Waals surface area (Å²) < 4.78 is 0. The van der Waals surface area contributed by atoms with Crippen LogP contribution < -0.4 is 10.6 Å². The largest absolute Gasteiger partial charge is 0.481 e. The van der Waals surface area contributed by atoms with Crippen molar-refractivity contribution in [3.05, 3.63) is 0 Å². The van der Waals surface area contributed by atoms with Crippen LogP contribution in [0.3, 0.4) is 0 Å². The van der Waals surface area contributed by atoms with E-state index in [0.717, 1.165) is 19.3 Å². The Bertz CT molecular complexity index is 360. The summed E-state index contributed by atoms with van der Waals surface area (Å²) in [6.45, 7) is 2.91. The van der Waals surface area contributed by atoms with Crippen molar-refractivity contribution in [2.75, 3.05) is 19.6 Å². The lowest BCUT2D eigenvalue weighted by Gasteiger charge is -2.35. The first kappa shape index (κ1) is 16.3. The van der Waals surface area contributed by atoms with Gasteiger partial charge in [0.25, 0.3) is 0 Å². The molecule has 0 radical (unpaired) electrons. The molecule has 20 heavy (non-hydrogen) atoms. The number of likely N-dealkylation sites (N-methyl/N-ethyl adjacent to an activating group) is 1. The van der Waals surface area contributed by atoms with Gasteiger partial charge in [-0.2, -0.15) is 0 Å². The van der Waals surface area contributed by atoms with Gasteiger partial charge in [0, 0.05) is 25.6 Å². The summed E-state index contributed by atoms with van der Waals surface area (Å²) in [5, 5.41) is 13.9. The molecule has 0 aromatic carbocycles. The van der Waals surface area contributed by atoms with Gasteiger partial charge in [0.05, 0.1) is 6.54 Å². The van der Waals surface area contributed by atoms with Crippen LogP contribution in [-0.4, -0.2) is 53.6 Å². The summed E-state index contributed by atoms with van der Waals surface area (Å²) in [5.41, 5.74) is 0. The Hall–Kier alpha value is -1.79. The first-order valence-electron chi connectivity index (χ1n) is 7.07. The molecule has 3 N–H and O–H groups in total. The van der Waals surface area contributed by atoms with Gasteiger partial charge in [0.15, 0.2) is 0 Å². The van der Waals surface area contributed by atoms with Crippen molar-refractivity contribution >= 4 is 17.9 Å². The molecule has 7 nitrogen and oxygen atoms in total. The average Bonchev–Trinajstić information content (AvgIpc) is 2.43. The molecule has 0 aliphatic carbocycles. The highest BCUT2D eigenvalue weighted by atomic mass is 16.4. The second-order valence-electron chi connectivity index (χ2n) is 4.89. The first-order chi connectivity index (χ1) is 9.54.